The minimum absolute atomic E-state index is 0.0476. The van der Waals surface area contributed by atoms with Crippen LogP contribution >= 0.6 is 0 Å². The Morgan fingerprint density at radius 1 is 1.14 bits per heavy atom. The third-order valence-electron chi connectivity index (χ3n) is 3.22. The number of amides is 1. The Hall–Kier alpha value is -2.33. The van der Waals surface area contributed by atoms with Gasteiger partial charge in [-0.25, -0.2) is 0 Å². The van der Waals surface area contributed by atoms with E-state index in [1.807, 2.05) is 42.5 Å². The Labute approximate surface area is 125 Å². The van der Waals surface area contributed by atoms with Crippen molar-refractivity contribution in [2.24, 2.45) is 5.73 Å². The van der Waals surface area contributed by atoms with Gasteiger partial charge in [-0.1, -0.05) is 24.3 Å². The molecule has 2 N–H and O–H groups in total. The highest BCUT2D eigenvalue weighted by molar-refractivity contribution is 6.06. The van der Waals surface area contributed by atoms with E-state index < -0.39 is 0 Å². The van der Waals surface area contributed by atoms with Crippen molar-refractivity contribution < 1.29 is 9.53 Å². The first kappa shape index (κ1) is 15.1. The molecule has 0 fully saturated rings. The fraction of sp³-hybridized carbons (Fsp3) is 0.235. The number of carbonyl (C=O) groups excluding carboxylic acids is 1. The first-order chi connectivity index (χ1) is 10.3. The molecule has 0 heterocycles. The minimum Gasteiger partial charge on any atom is -0.497 e. The van der Waals surface area contributed by atoms with E-state index in [-0.39, 0.29) is 5.91 Å². The van der Waals surface area contributed by atoms with Crippen LogP contribution in [0, 0.1) is 0 Å². The minimum atomic E-state index is -0.0476. The van der Waals surface area contributed by atoms with Gasteiger partial charge in [-0.2, -0.15) is 0 Å². The molecule has 4 nitrogen and oxygen atoms in total. The lowest BCUT2D eigenvalue weighted by atomic mass is 10.1. The average molecular weight is 284 g/mol. The summed E-state index contributed by atoms with van der Waals surface area (Å²) in [6.45, 7) is 1.14. The second-order valence-corrected chi connectivity index (χ2v) is 4.67. The summed E-state index contributed by atoms with van der Waals surface area (Å²) in [7, 11) is 1.59. The predicted octanol–water partition coefficient (Wildman–Crippen LogP) is 2.69. The maximum atomic E-state index is 12.7. The first-order valence-electron chi connectivity index (χ1n) is 6.97. The van der Waals surface area contributed by atoms with E-state index in [1.54, 1.807) is 24.1 Å². The molecule has 0 aliphatic rings. The summed E-state index contributed by atoms with van der Waals surface area (Å²) >= 11 is 0. The van der Waals surface area contributed by atoms with Gasteiger partial charge < -0.3 is 15.4 Å². The van der Waals surface area contributed by atoms with Gasteiger partial charge in [0.15, 0.2) is 0 Å². The van der Waals surface area contributed by atoms with Gasteiger partial charge in [0.25, 0.3) is 5.91 Å². The molecule has 110 valence electrons. The van der Waals surface area contributed by atoms with Crippen molar-refractivity contribution in [2.45, 2.75) is 6.42 Å². The Morgan fingerprint density at radius 2 is 1.90 bits per heavy atom. The summed E-state index contributed by atoms with van der Waals surface area (Å²) < 4.78 is 5.18. The van der Waals surface area contributed by atoms with E-state index in [0.29, 0.717) is 24.4 Å². The van der Waals surface area contributed by atoms with Crippen LogP contribution in [0.15, 0.2) is 54.6 Å². The molecule has 0 unspecified atom stereocenters. The van der Waals surface area contributed by atoms with E-state index in [1.165, 1.54) is 0 Å². The number of nitrogens with zero attached hydrogens (tertiary/aromatic N) is 1. The van der Waals surface area contributed by atoms with Crippen molar-refractivity contribution in [1.82, 2.24) is 0 Å². The van der Waals surface area contributed by atoms with Gasteiger partial charge in [-0.05, 0) is 43.3 Å². The number of anilines is 1. The summed E-state index contributed by atoms with van der Waals surface area (Å²) in [4.78, 5) is 14.5. The molecule has 2 aromatic rings. The van der Waals surface area contributed by atoms with E-state index in [9.17, 15) is 4.79 Å². The number of rotatable bonds is 6. The Kier molecular flexibility index (Phi) is 5.35. The van der Waals surface area contributed by atoms with Gasteiger partial charge in [0, 0.05) is 17.8 Å². The molecule has 0 bridgehead atoms. The Morgan fingerprint density at radius 3 is 2.57 bits per heavy atom. The number of hydrogen-bond acceptors (Lipinski definition) is 3. The topological polar surface area (TPSA) is 55.6 Å². The highest BCUT2D eigenvalue weighted by Crippen LogP contribution is 2.19. The number of benzene rings is 2. The van der Waals surface area contributed by atoms with Gasteiger partial charge in [-0.3, -0.25) is 4.79 Å². The molecular weight excluding hydrogens is 264 g/mol. The maximum Gasteiger partial charge on any atom is 0.258 e. The van der Waals surface area contributed by atoms with Crippen molar-refractivity contribution in [3.63, 3.8) is 0 Å². The van der Waals surface area contributed by atoms with Gasteiger partial charge in [0.1, 0.15) is 5.75 Å². The Bertz CT molecular complexity index is 584. The molecule has 0 radical (unpaired) electrons. The quantitative estimate of drug-likeness (QED) is 0.887. The molecule has 0 aliphatic carbocycles. The van der Waals surface area contributed by atoms with Crippen LogP contribution < -0.4 is 15.4 Å². The van der Waals surface area contributed by atoms with Gasteiger partial charge >= 0.3 is 0 Å². The second-order valence-electron chi connectivity index (χ2n) is 4.67. The maximum absolute atomic E-state index is 12.7. The lowest BCUT2D eigenvalue weighted by Gasteiger charge is -2.23. The SMILES string of the molecule is COc1cccc(C(=O)N(CCCN)c2ccccc2)c1. The summed E-state index contributed by atoms with van der Waals surface area (Å²) in [5.74, 6) is 0.626. The lowest BCUT2D eigenvalue weighted by molar-refractivity contribution is 0.0986. The smallest absolute Gasteiger partial charge is 0.258 e. The number of methoxy groups -OCH3 is 1. The van der Waals surface area contributed by atoms with Crippen molar-refractivity contribution in [1.29, 1.82) is 0 Å². The predicted molar refractivity (Wildman–Crippen MR) is 84.8 cm³/mol. The summed E-state index contributed by atoms with van der Waals surface area (Å²) in [5.41, 5.74) is 7.06. The monoisotopic (exact) mass is 284 g/mol. The van der Waals surface area contributed by atoms with Crippen LogP contribution in [-0.4, -0.2) is 26.1 Å². The largest absolute Gasteiger partial charge is 0.497 e. The van der Waals surface area contributed by atoms with E-state index in [2.05, 4.69) is 0 Å². The summed E-state index contributed by atoms with van der Waals surface area (Å²) in [6, 6.07) is 16.8. The highest BCUT2D eigenvalue weighted by atomic mass is 16.5. The van der Waals surface area contributed by atoms with Crippen molar-refractivity contribution in [2.75, 3.05) is 25.1 Å². The summed E-state index contributed by atoms with van der Waals surface area (Å²) in [6.07, 6.45) is 0.755. The van der Waals surface area contributed by atoms with Crippen LogP contribution in [0.3, 0.4) is 0 Å². The zero-order valence-corrected chi connectivity index (χ0v) is 12.2. The zero-order chi connectivity index (χ0) is 15.1. The van der Waals surface area contributed by atoms with Crippen LogP contribution in [0.4, 0.5) is 5.69 Å². The number of carbonyl (C=O) groups is 1. The number of ether oxygens (including phenoxy) is 1. The molecule has 2 aromatic carbocycles. The molecule has 0 aliphatic heterocycles. The zero-order valence-electron chi connectivity index (χ0n) is 12.2. The molecule has 2 rings (SSSR count). The molecule has 0 atom stereocenters. The number of para-hydroxylation sites is 1. The van der Waals surface area contributed by atoms with Crippen LogP contribution in [0.5, 0.6) is 5.75 Å². The normalized spacial score (nSPS) is 10.2. The van der Waals surface area contributed by atoms with Crippen LogP contribution in [0.2, 0.25) is 0 Å². The molecule has 0 aromatic heterocycles. The van der Waals surface area contributed by atoms with E-state index >= 15 is 0 Å². The van der Waals surface area contributed by atoms with Crippen LogP contribution in [0.25, 0.3) is 0 Å². The van der Waals surface area contributed by atoms with Crippen molar-refractivity contribution >= 4 is 11.6 Å². The van der Waals surface area contributed by atoms with Crippen molar-refractivity contribution in [3.8, 4) is 5.75 Å². The fourth-order valence-corrected chi connectivity index (χ4v) is 2.12. The standard InChI is InChI=1S/C17H20N2O2/c1-21-16-10-5-7-14(13-16)17(20)19(12-6-11-18)15-8-3-2-4-9-15/h2-5,7-10,13H,6,11-12,18H2,1H3. The first-order valence-corrected chi connectivity index (χ1v) is 6.97. The van der Waals surface area contributed by atoms with E-state index in [0.717, 1.165) is 12.1 Å². The van der Waals surface area contributed by atoms with Gasteiger partial charge in [0.2, 0.25) is 0 Å². The molecule has 0 saturated heterocycles. The molecule has 0 saturated carbocycles. The average Bonchev–Trinajstić information content (AvgIpc) is 2.56. The summed E-state index contributed by atoms with van der Waals surface area (Å²) in [5, 5.41) is 0. The van der Waals surface area contributed by atoms with Crippen LogP contribution in [-0.2, 0) is 0 Å². The number of hydrogen-bond donors (Lipinski definition) is 1. The molecule has 1 amide bonds. The Balaban J connectivity index is 2.29. The number of nitrogens with two attached hydrogens (primary N) is 1. The highest BCUT2D eigenvalue weighted by Gasteiger charge is 2.17. The lowest BCUT2D eigenvalue weighted by Crippen LogP contribution is -2.32. The van der Waals surface area contributed by atoms with Crippen LogP contribution in [0.1, 0.15) is 16.8 Å². The molecule has 0 spiro atoms. The molecular formula is C17H20N2O2. The molecule has 4 heteroatoms. The fourth-order valence-electron chi connectivity index (χ4n) is 2.12. The van der Waals surface area contributed by atoms with E-state index in [4.69, 9.17) is 10.5 Å². The van der Waals surface area contributed by atoms with Gasteiger partial charge in [-0.15, -0.1) is 0 Å². The van der Waals surface area contributed by atoms with Crippen molar-refractivity contribution in [3.05, 3.63) is 60.2 Å². The van der Waals surface area contributed by atoms with Gasteiger partial charge in [0.05, 0.1) is 7.11 Å². The second kappa shape index (κ2) is 7.45. The third-order valence-corrected chi connectivity index (χ3v) is 3.22. The third kappa shape index (κ3) is 3.83. The molecule has 21 heavy (non-hydrogen) atoms.